The van der Waals surface area contributed by atoms with E-state index in [1.165, 1.54) is 17.8 Å². The Balaban J connectivity index is 2.11. The Kier molecular flexibility index (Phi) is 6.70. The summed E-state index contributed by atoms with van der Waals surface area (Å²) in [5.74, 6) is -0.186. The molecule has 0 aromatic heterocycles. The molecular weight excluding hydrogens is 353 g/mol. The Morgan fingerprint density at radius 3 is 2.67 bits per heavy atom. The van der Waals surface area contributed by atoms with Crippen LogP contribution in [0.3, 0.4) is 0 Å². The third-order valence-corrected chi connectivity index (χ3v) is 4.58. The van der Waals surface area contributed by atoms with Gasteiger partial charge in [0.05, 0.1) is 11.5 Å². The first-order chi connectivity index (χ1) is 10.2. The molecule has 2 nitrogen and oxygen atoms in total. The molecule has 0 unspecified atom stereocenters. The molecule has 0 spiro atoms. The normalized spacial score (nSPS) is 10.8. The predicted octanol–water partition coefficient (Wildman–Crippen LogP) is 4.48. The van der Waals surface area contributed by atoms with Crippen molar-refractivity contribution in [2.75, 3.05) is 20.3 Å². The third-order valence-electron chi connectivity index (χ3n) is 2.88. The standard InChI is InChI=1S/C16H17BrFNOS/c1-20-10-9-19-11-12-3-2-4-15(18)16(12)21-14-7-5-13(17)6-8-14/h2-8,19H,9-11H2,1H3. The zero-order valence-electron chi connectivity index (χ0n) is 11.7. The van der Waals surface area contributed by atoms with E-state index in [1.807, 2.05) is 30.3 Å². The maximum absolute atomic E-state index is 14.1. The molecular formula is C16H17BrFNOS. The first-order valence-electron chi connectivity index (χ1n) is 6.61. The van der Waals surface area contributed by atoms with Gasteiger partial charge in [-0.15, -0.1) is 0 Å². The van der Waals surface area contributed by atoms with Crippen molar-refractivity contribution in [3.8, 4) is 0 Å². The van der Waals surface area contributed by atoms with Gasteiger partial charge in [0.25, 0.3) is 0 Å². The molecule has 1 N–H and O–H groups in total. The molecule has 112 valence electrons. The van der Waals surface area contributed by atoms with Gasteiger partial charge < -0.3 is 10.1 Å². The molecule has 0 heterocycles. The van der Waals surface area contributed by atoms with E-state index >= 15 is 0 Å². The highest BCUT2D eigenvalue weighted by molar-refractivity contribution is 9.10. The quantitative estimate of drug-likeness (QED) is 0.727. The Morgan fingerprint density at radius 1 is 1.19 bits per heavy atom. The molecule has 0 aliphatic carbocycles. The monoisotopic (exact) mass is 369 g/mol. The molecule has 0 bridgehead atoms. The molecule has 0 saturated heterocycles. The zero-order valence-corrected chi connectivity index (χ0v) is 14.1. The fourth-order valence-corrected chi connectivity index (χ4v) is 3.03. The van der Waals surface area contributed by atoms with Gasteiger partial charge in [-0.1, -0.05) is 39.8 Å². The van der Waals surface area contributed by atoms with Gasteiger partial charge in [-0.05, 0) is 35.9 Å². The van der Waals surface area contributed by atoms with Gasteiger partial charge in [-0.3, -0.25) is 0 Å². The number of hydrogen-bond donors (Lipinski definition) is 1. The van der Waals surface area contributed by atoms with Crippen LogP contribution in [0.25, 0.3) is 0 Å². The van der Waals surface area contributed by atoms with E-state index < -0.39 is 0 Å². The van der Waals surface area contributed by atoms with E-state index in [1.54, 1.807) is 13.2 Å². The average molecular weight is 370 g/mol. The van der Waals surface area contributed by atoms with E-state index in [4.69, 9.17) is 4.74 Å². The van der Waals surface area contributed by atoms with Crippen LogP contribution >= 0.6 is 27.7 Å². The minimum Gasteiger partial charge on any atom is -0.383 e. The second-order valence-corrected chi connectivity index (χ2v) is 6.45. The molecule has 5 heteroatoms. The Morgan fingerprint density at radius 2 is 1.95 bits per heavy atom. The lowest BCUT2D eigenvalue weighted by Crippen LogP contribution is -2.19. The lowest BCUT2D eigenvalue weighted by atomic mass is 10.2. The largest absolute Gasteiger partial charge is 0.383 e. The molecule has 0 fully saturated rings. The second kappa shape index (κ2) is 8.54. The molecule has 0 aliphatic heterocycles. The van der Waals surface area contributed by atoms with Gasteiger partial charge in [-0.25, -0.2) is 4.39 Å². The summed E-state index contributed by atoms with van der Waals surface area (Å²) in [5, 5.41) is 3.25. The van der Waals surface area contributed by atoms with Crippen LogP contribution in [0.2, 0.25) is 0 Å². The Bertz CT molecular complexity index is 577. The van der Waals surface area contributed by atoms with Crippen LogP contribution in [0.5, 0.6) is 0 Å². The zero-order chi connectivity index (χ0) is 15.1. The lowest BCUT2D eigenvalue weighted by molar-refractivity contribution is 0.199. The predicted molar refractivity (Wildman–Crippen MR) is 88.2 cm³/mol. The number of rotatable bonds is 7. The van der Waals surface area contributed by atoms with Crippen molar-refractivity contribution in [3.05, 3.63) is 58.3 Å². The summed E-state index contributed by atoms with van der Waals surface area (Å²) in [6.07, 6.45) is 0. The van der Waals surface area contributed by atoms with E-state index in [0.717, 1.165) is 21.5 Å². The fourth-order valence-electron chi connectivity index (χ4n) is 1.82. The molecule has 2 aromatic rings. The molecule has 0 atom stereocenters. The summed E-state index contributed by atoms with van der Waals surface area (Å²) < 4.78 is 20.1. The van der Waals surface area contributed by atoms with Crippen LogP contribution in [0, 0.1) is 5.82 Å². The summed E-state index contributed by atoms with van der Waals surface area (Å²) >= 11 is 4.85. The number of ether oxygens (including phenoxy) is 1. The minimum atomic E-state index is -0.186. The summed E-state index contributed by atoms with van der Waals surface area (Å²) in [4.78, 5) is 1.69. The van der Waals surface area contributed by atoms with E-state index in [-0.39, 0.29) is 5.82 Å². The molecule has 0 amide bonds. The van der Waals surface area contributed by atoms with Gasteiger partial charge in [0.2, 0.25) is 0 Å². The average Bonchev–Trinajstić information content (AvgIpc) is 2.49. The first-order valence-corrected chi connectivity index (χ1v) is 8.22. The highest BCUT2D eigenvalue weighted by Crippen LogP contribution is 2.33. The van der Waals surface area contributed by atoms with E-state index in [9.17, 15) is 4.39 Å². The lowest BCUT2D eigenvalue weighted by Gasteiger charge is -2.11. The van der Waals surface area contributed by atoms with Crippen LogP contribution in [0.4, 0.5) is 4.39 Å². The van der Waals surface area contributed by atoms with Crippen LogP contribution < -0.4 is 5.32 Å². The number of methoxy groups -OCH3 is 1. The SMILES string of the molecule is COCCNCc1cccc(F)c1Sc1ccc(Br)cc1. The van der Waals surface area contributed by atoms with Gasteiger partial charge >= 0.3 is 0 Å². The number of benzene rings is 2. The van der Waals surface area contributed by atoms with Crippen LogP contribution in [-0.2, 0) is 11.3 Å². The van der Waals surface area contributed by atoms with Crippen molar-refractivity contribution in [1.82, 2.24) is 5.32 Å². The van der Waals surface area contributed by atoms with Crippen molar-refractivity contribution in [2.45, 2.75) is 16.3 Å². The molecule has 0 saturated carbocycles. The van der Waals surface area contributed by atoms with E-state index in [0.29, 0.717) is 18.0 Å². The Hall–Kier alpha value is -0.880. The first kappa shape index (κ1) is 16.5. The molecule has 2 rings (SSSR count). The van der Waals surface area contributed by atoms with Crippen LogP contribution in [0.1, 0.15) is 5.56 Å². The number of nitrogens with one attached hydrogen (secondary N) is 1. The fraction of sp³-hybridized carbons (Fsp3) is 0.250. The Labute approximate surface area is 137 Å². The van der Waals surface area contributed by atoms with Gasteiger partial charge in [0, 0.05) is 29.6 Å². The highest BCUT2D eigenvalue weighted by Gasteiger charge is 2.10. The summed E-state index contributed by atoms with van der Waals surface area (Å²) in [5.41, 5.74) is 0.957. The summed E-state index contributed by atoms with van der Waals surface area (Å²) in [6, 6.07) is 13.1. The molecule has 0 aliphatic rings. The van der Waals surface area contributed by atoms with Crippen molar-refractivity contribution in [1.29, 1.82) is 0 Å². The summed E-state index contributed by atoms with van der Waals surface area (Å²) in [6.45, 7) is 2.01. The second-order valence-electron chi connectivity index (χ2n) is 4.45. The van der Waals surface area contributed by atoms with Crippen molar-refractivity contribution in [3.63, 3.8) is 0 Å². The van der Waals surface area contributed by atoms with Crippen molar-refractivity contribution >= 4 is 27.7 Å². The number of hydrogen-bond acceptors (Lipinski definition) is 3. The van der Waals surface area contributed by atoms with E-state index in [2.05, 4.69) is 21.2 Å². The van der Waals surface area contributed by atoms with Crippen molar-refractivity contribution in [2.24, 2.45) is 0 Å². The van der Waals surface area contributed by atoms with Gasteiger partial charge in [0.1, 0.15) is 5.82 Å². The molecule has 21 heavy (non-hydrogen) atoms. The topological polar surface area (TPSA) is 21.3 Å². The highest BCUT2D eigenvalue weighted by atomic mass is 79.9. The number of halogens is 2. The molecule has 2 aromatic carbocycles. The van der Waals surface area contributed by atoms with Crippen LogP contribution in [-0.4, -0.2) is 20.3 Å². The minimum absolute atomic E-state index is 0.186. The van der Waals surface area contributed by atoms with Crippen molar-refractivity contribution < 1.29 is 9.13 Å². The maximum atomic E-state index is 14.1. The van der Waals surface area contributed by atoms with Gasteiger partial charge in [0.15, 0.2) is 0 Å². The smallest absolute Gasteiger partial charge is 0.137 e. The van der Waals surface area contributed by atoms with Crippen LogP contribution in [0.15, 0.2) is 56.7 Å². The molecule has 0 radical (unpaired) electrons. The maximum Gasteiger partial charge on any atom is 0.137 e. The summed E-state index contributed by atoms with van der Waals surface area (Å²) in [7, 11) is 1.67. The third kappa shape index (κ3) is 5.11. The van der Waals surface area contributed by atoms with Gasteiger partial charge in [-0.2, -0.15) is 0 Å².